The quantitative estimate of drug-likeness (QED) is 0.353. The van der Waals surface area contributed by atoms with Crippen LogP contribution in [-0.4, -0.2) is 34.4 Å². The number of carbonyl (C=O) groups is 3. The van der Waals surface area contributed by atoms with Crippen molar-refractivity contribution in [2.45, 2.75) is 32.2 Å². The van der Waals surface area contributed by atoms with Gasteiger partial charge in [0.2, 0.25) is 5.91 Å². The van der Waals surface area contributed by atoms with Crippen molar-refractivity contribution < 1.29 is 27.9 Å². The fourth-order valence-electron chi connectivity index (χ4n) is 4.27. The van der Waals surface area contributed by atoms with Crippen LogP contribution < -0.4 is 10.6 Å². The van der Waals surface area contributed by atoms with E-state index >= 15 is 0 Å². The predicted octanol–water partition coefficient (Wildman–Crippen LogP) is 4.00. The highest BCUT2D eigenvalue weighted by molar-refractivity contribution is 5.96. The highest BCUT2D eigenvalue weighted by Crippen LogP contribution is 2.35. The van der Waals surface area contributed by atoms with Gasteiger partial charge in [-0.2, -0.15) is 0 Å². The van der Waals surface area contributed by atoms with Gasteiger partial charge >= 0.3 is 5.97 Å². The van der Waals surface area contributed by atoms with Crippen LogP contribution in [0.5, 0.6) is 0 Å². The minimum atomic E-state index is -1.04. The first-order chi connectivity index (χ1) is 17.8. The fourth-order valence-corrected chi connectivity index (χ4v) is 4.27. The Labute approximate surface area is 211 Å². The van der Waals surface area contributed by atoms with Crippen LogP contribution in [0.3, 0.4) is 0 Å². The van der Waals surface area contributed by atoms with Crippen LogP contribution in [0.1, 0.15) is 55.6 Å². The van der Waals surface area contributed by atoms with Crippen LogP contribution in [-0.2, 0) is 22.4 Å². The Morgan fingerprint density at radius 1 is 1.14 bits per heavy atom. The molecule has 1 aliphatic carbocycles. The Bertz CT molecular complexity index is 1390. The highest BCUT2D eigenvalue weighted by Gasteiger charge is 2.28. The molecule has 0 radical (unpaired) electrons. The number of aromatic nitrogens is 2. The molecule has 2 amide bonds. The molecule has 1 atom stereocenters. The molecule has 0 unspecified atom stereocenters. The van der Waals surface area contributed by atoms with E-state index < -0.39 is 29.4 Å². The normalized spacial score (nSPS) is 14.0. The summed E-state index contributed by atoms with van der Waals surface area (Å²) in [5.41, 5.74) is 3.54. The summed E-state index contributed by atoms with van der Waals surface area (Å²) in [6.45, 7) is 5.52. The van der Waals surface area contributed by atoms with Crippen LogP contribution >= 0.6 is 0 Å². The van der Waals surface area contributed by atoms with E-state index in [-0.39, 0.29) is 36.1 Å². The first-order valence-electron chi connectivity index (χ1n) is 11.5. The number of carbonyl (C=O) groups excluding carboxylic acids is 3. The molecule has 1 aliphatic rings. The molecule has 10 heteroatoms. The summed E-state index contributed by atoms with van der Waals surface area (Å²) in [4.78, 5) is 45.5. The molecule has 0 spiro atoms. The summed E-state index contributed by atoms with van der Waals surface area (Å²) >= 11 is 0. The van der Waals surface area contributed by atoms with Crippen molar-refractivity contribution in [1.82, 2.24) is 15.3 Å². The number of hydrogen-bond acceptors (Lipinski definition) is 6. The van der Waals surface area contributed by atoms with E-state index in [1.54, 1.807) is 6.07 Å². The van der Waals surface area contributed by atoms with Crippen molar-refractivity contribution in [3.8, 4) is 0 Å². The maximum Gasteiger partial charge on any atom is 0.338 e. The number of halogens is 2. The second-order valence-electron chi connectivity index (χ2n) is 8.52. The third-order valence-corrected chi connectivity index (χ3v) is 6.07. The molecule has 0 fully saturated rings. The Hall–Kier alpha value is -4.47. The smallest absolute Gasteiger partial charge is 0.338 e. The van der Waals surface area contributed by atoms with Crippen molar-refractivity contribution in [2.24, 2.45) is 0 Å². The highest BCUT2D eigenvalue weighted by atomic mass is 19.2. The standard InChI is InChI=1S/C27H24F2N4O4/c1-3-10-37-27(36)18-5-6-19-17(15(18)2)7-9-22(19)32-26(35)23-13-24(31-14-30-23)33-25(34)12-16-4-8-20(28)21(29)11-16/h3-6,8,11,13-14,22H,1,7,9-10,12H2,2H3,(H,32,35)(H,30,31,33,34)/t22-/m0/s1. The van der Waals surface area contributed by atoms with E-state index in [0.717, 1.165) is 35.2 Å². The Morgan fingerprint density at radius 3 is 2.70 bits per heavy atom. The SMILES string of the molecule is C=CCOC(=O)c1ccc2c(c1C)CC[C@@H]2NC(=O)c1cc(NC(=O)Cc2ccc(F)c(F)c2)ncn1. The van der Waals surface area contributed by atoms with Crippen LogP contribution in [0.15, 0.2) is 55.4 Å². The molecule has 3 aromatic rings. The number of hydrogen-bond donors (Lipinski definition) is 2. The lowest BCUT2D eigenvalue weighted by molar-refractivity contribution is -0.115. The van der Waals surface area contributed by atoms with Crippen LogP contribution in [0, 0.1) is 18.6 Å². The average Bonchev–Trinajstić information content (AvgIpc) is 3.28. The fraction of sp³-hybridized carbons (Fsp3) is 0.222. The number of ether oxygens (including phenoxy) is 1. The second-order valence-corrected chi connectivity index (χ2v) is 8.52. The summed E-state index contributed by atoms with van der Waals surface area (Å²) < 4.78 is 31.6. The zero-order valence-corrected chi connectivity index (χ0v) is 20.0. The zero-order chi connectivity index (χ0) is 26.5. The molecule has 1 heterocycles. The number of amides is 2. The molecule has 4 rings (SSSR count). The molecule has 0 bridgehead atoms. The van der Waals surface area contributed by atoms with Crippen molar-refractivity contribution in [1.29, 1.82) is 0 Å². The third-order valence-electron chi connectivity index (χ3n) is 6.07. The molecule has 1 aromatic heterocycles. The van der Waals surface area contributed by atoms with Gasteiger partial charge in [-0.1, -0.05) is 24.8 Å². The topological polar surface area (TPSA) is 110 Å². The van der Waals surface area contributed by atoms with E-state index in [2.05, 4.69) is 27.2 Å². The Morgan fingerprint density at radius 2 is 1.95 bits per heavy atom. The summed E-state index contributed by atoms with van der Waals surface area (Å²) in [5.74, 6) is -3.34. The van der Waals surface area contributed by atoms with Crippen LogP contribution in [0.2, 0.25) is 0 Å². The molecular weight excluding hydrogens is 482 g/mol. The molecule has 37 heavy (non-hydrogen) atoms. The first kappa shape index (κ1) is 25.6. The molecule has 0 saturated carbocycles. The van der Waals surface area contributed by atoms with Gasteiger partial charge in [-0.15, -0.1) is 0 Å². The number of anilines is 1. The minimum Gasteiger partial charge on any atom is -0.458 e. The first-order valence-corrected chi connectivity index (χ1v) is 11.5. The van der Waals surface area contributed by atoms with Gasteiger partial charge in [-0.3, -0.25) is 9.59 Å². The van der Waals surface area contributed by atoms with Crippen molar-refractivity contribution in [2.75, 3.05) is 11.9 Å². The van der Waals surface area contributed by atoms with Gasteiger partial charge in [0.25, 0.3) is 5.91 Å². The number of fused-ring (bicyclic) bond motifs is 1. The molecule has 2 aromatic carbocycles. The molecule has 190 valence electrons. The van der Waals surface area contributed by atoms with Gasteiger partial charge < -0.3 is 15.4 Å². The van der Waals surface area contributed by atoms with Crippen LogP contribution in [0.25, 0.3) is 0 Å². The summed E-state index contributed by atoms with van der Waals surface area (Å²) in [5, 5.41) is 5.48. The average molecular weight is 507 g/mol. The predicted molar refractivity (Wildman–Crippen MR) is 131 cm³/mol. The maximum absolute atomic E-state index is 13.4. The third kappa shape index (κ3) is 5.85. The van der Waals surface area contributed by atoms with E-state index in [9.17, 15) is 23.2 Å². The van der Waals surface area contributed by atoms with Crippen molar-refractivity contribution >= 4 is 23.6 Å². The minimum absolute atomic E-state index is 0.0490. The molecule has 0 aliphatic heterocycles. The lowest BCUT2D eigenvalue weighted by atomic mass is 9.98. The lowest BCUT2D eigenvalue weighted by Crippen LogP contribution is -2.28. The van der Waals surface area contributed by atoms with Gasteiger partial charge in [0, 0.05) is 6.07 Å². The van der Waals surface area contributed by atoms with E-state index in [1.165, 1.54) is 18.2 Å². The Balaban J connectivity index is 1.41. The lowest BCUT2D eigenvalue weighted by Gasteiger charge is -2.16. The summed E-state index contributed by atoms with van der Waals surface area (Å²) in [6, 6.07) is 7.76. The van der Waals surface area contributed by atoms with E-state index in [0.29, 0.717) is 18.4 Å². The second kappa shape index (κ2) is 11.1. The summed E-state index contributed by atoms with van der Waals surface area (Å²) in [6.07, 6.45) is 3.78. The largest absolute Gasteiger partial charge is 0.458 e. The van der Waals surface area contributed by atoms with Gasteiger partial charge in [-0.05, 0) is 60.2 Å². The molecular formula is C27H24F2N4O4. The Kier molecular flexibility index (Phi) is 7.66. The number of esters is 1. The number of nitrogens with zero attached hydrogens (tertiary/aromatic N) is 2. The van der Waals surface area contributed by atoms with Crippen molar-refractivity contribution in [3.63, 3.8) is 0 Å². The van der Waals surface area contributed by atoms with Gasteiger partial charge in [0.1, 0.15) is 24.4 Å². The van der Waals surface area contributed by atoms with E-state index in [1.807, 2.05) is 13.0 Å². The van der Waals surface area contributed by atoms with Gasteiger partial charge in [-0.25, -0.2) is 23.5 Å². The van der Waals surface area contributed by atoms with Gasteiger partial charge in [0.15, 0.2) is 11.6 Å². The summed E-state index contributed by atoms with van der Waals surface area (Å²) in [7, 11) is 0. The molecule has 0 saturated heterocycles. The van der Waals surface area contributed by atoms with E-state index in [4.69, 9.17) is 4.74 Å². The molecule has 2 N–H and O–H groups in total. The number of rotatable bonds is 8. The van der Waals surface area contributed by atoms with Crippen LogP contribution in [0.4, 0.5) is 14.6 Å². The maximum atomic E-state index is 13.4. The number of benzene rings is 2. The zero-order valence-electron chi connectivity index (χ0n) is 20.0. The number of nitrogens with one attached hydrogen (secondary N) is 2. The molecule has 8 nitrogen and oxygen atoms in total. The van der Waals surface area contributed by atoms with Gasteiger partial charge in [0.05, 0.1) is 18.0 Å². The van der Waals surface area contributed by atoms with Crippen molar-refractivity contribution in [3.05, 3.63) is 101 Å². The monoisotopic (exact) mass is 506 g/mol.